The SMILES string of the molecule is C=c1/c(=C/c2ccccc2Cl)sc(=O)n1CC(=O)O. The van der Waals surface area contributed by atoms with Gasteiger partial charge in [-0.3, -0.25) is 14.2 Å². The average Bonchev–Trinajstić information content (AvgIpc) is 2.60. The first kappa shape index (κ1) is 13.6. The summed E-state index contributed by atoms with van der Waals surface area (Å²) in [7, 11) is 0. The Morgan fingerprint density at radius 1 is 1.47 bits per heavy atom. The standard InChI is InChI=1S/C13H10ClNO3S/c1-8-11(6-9-4-2-3-5-10(9)14)19-13(18)15(8)7-12(16)17/h2-6H,1,7H2,(H,16,17)/b11-6-. The molecule has 0 atom stereocenters. The van der Waals surface area contributed by atoms with Crippen molar-refractivity contribution in [1.82, 2.24) is 4.57 Å². The summed E-state index contributed by atoms with van der Waals surface area (Å²) in [4.78, 5) is 22.0. The van der Waals surface area contributed by atoms with Crippen LogP contribution in [0.15, 0.2) is 29.1 Å². The van der Waals surface area contributed by atoms with E-state index in [9.17, 15) is 9.59 Å². The van der Waals surface area contributed by atoms with Crippen molar-refractivity contribution in [3.63, 3.8) is 0 Å². The quantitative estimate of drug-likeness (QED) is 0.915. The Labute approximate surface area is 117 Å². The maximum atomic E-state index is 11.7. The van der Waals surface area contributed by atoms with Gasteiger partial charge in [0.25, 0.3) is 0 Å². The van der Waals surface area contributed by atoms with Crippen molar-refractivity contribution < 1.29 is 9.90 Å². The van der Waals surface area contributed by atoms with Crippen LogP contribution in [0.25, 0.3) is 12.7 Å². The largest absolute Gasteiger partial charge is 0.480 e. The molecule has 0 saturated heterocycles. The minimum absolute atomic E-state index is 0.342. The number of aromatic nitrogens is 1. The second-order valence-corrected chi connectivity index (χ2v) is 5.23. The summed E-state index contributed by atoms with van der Waals surface area (Å²) in [6, 6.07) is 7.20. The molecule has 1 N–H and O–H groups in total. The van der Waals surface area contributed by atoms with Gasteiger partial charge in [-0.2, -0.15) is 0 Å². The van der Waals surface area contributed by atoms with E-state index in [1.165, 1.54) is 0 Å². The van der Waals surface area contributed by atoms with E-state index in [-0.39, 0.29) is 11.4 Å². The smallest absolute Gasteiger partial charge is 0.323 e. The highest BCUT2D eigenvalue weighted by molar-refractivity contribution is 7.07. The summed E-state index contributed by atoms with van der Waals surface area (Å²) < 4.78 is 1.75. The van der Waals surface area contributed by atoms with Gasteiger partial charge in [0.2, 0.25) is 0 Å². The lowest BCUT2D eigenvalue weighted by molar-refractivity contribution is -0.137. The summed E-state index contributed by atoms with van der Waals surface area (Å²) in [5, 5.41) is 9.69. The van der Waals surface area contributed by atoms with Crippen molar-refractivity contribution >= 4 is 41.6 Å². The molecule has 98 valence electrons. The van der Waals surface area contributed by atoms with E-state index >= 15 is 0 Å². The zero-order chi connectivity index (χ0) is 14.0. The number of hydrogen-bond donors (Lipinski definition) is 1. The van der Waals surface area contributed by atoms with E-state index in [2.05, 4.69) is 6.58 Å². The zero-order valence-electron chi connectivity index (χ0n) is 9.80. The molecule has 2 rings (SSSR count). The molecule has 1 heterocycles. The average molecular weight is 296 g/mol. The molecule has 0 spiro atoms. The molecule has 6 heteroatoms. The van der Waals surface area contributed by atoms with Crippen LogP contribution in [0.2, 0.25) is 5.02 Å². The van der Waals surface area contributed by atoms with Crippen LogP contribution in [-0.2, 0) is 11.3 Å². The number of nitrogens with zero attached hydrogens (tertiary/aromatic N) is 1. The van der Waals surface area contributed by atoms with Gasteiger partial charge in [-0.15, -0.1) is 0 Å². The number of benzene rings is 1. The number of carbonyl (C=O) groups is 1. The highest BCUT2D eigenvalue weighted by Crippen LogP contribution is 2.14. The Morgan fingerprint density at radius 3 is 2.79 bits per heavy atom. The minimum atomic E-state index is -1.07. The van der Waals surface area contributed by atoms with Crippen molar-refractivity contribution in [3.8, 4) is 0 Å². The van der Waals surface area contributed by atoms with E-state index in [4.69, 9.17) is 16.7 Å². The molecular weight excluding hydrogens is 286 g/mol. The Balaban J connectivity index is 2.60. The molecule has 2 aromatic rings. The predicted molar refractivity (Wildman–Crippen MR) is 76.0 cm³/mol. The van der Waals surface area contributed by atoms with Crippen LogP contribution < -0.4 is 14.8 Å². The van der Waals surface area contributed by atoms with Crippen LogP contribution in [0.3, 0.4) is 0 Å². The molecule has 0 fully saturated rings. The lowest BCUT2D eigenvalue weighted by Gasteiger charge is -1.96. The highest BCUT2D eigenvalue weighted by Gasteiger charge is 2.06. The third-order valence-corrected chi connectivity index (χ3v) is 3.83. The fourth-order valence-corrected chi connectivity index (χ4v) is 2.67. The van der Waals surface area contributed by atoms with Crippen LogP contribution in [0, 0.1) is 0 Å². The molecule has 0 bridgehead atoms. The fourth-order valence-electron chi connectivity index (χ4n) is 1.59. The molecule has 0 radical (unpaired) electrons. The predicted octanol–water partition coefficient (Wildman–Crippen LogP) is 0.887. The minimum Gasteiger partial charge on any atom is -0.480 e. The molecule has 0 aliphatic heterocycles. The molecule has 0 aliphatic rings. The van der Waals surface area contributed by atoms with E-state index < -0.39 is 5.97 Å². The summed E-state index contributed by atoms with van der Waals surface area (Å²) in [5.41, 5.74) is 0.762. The molecule has 0 saturated carbocycles. The monoisotopic (exact) mass is 295 g/mol. The van der Waals surface area contributed by atoms with Gasteiger partial charge in [-0.25, -0.2) is 0 Å². The summed E-state index contributed by atoms with van der Waals surface area (Å²) in [6.07, 6.45) is 1.73. The molecular formula is C13H10ClNO3S. The maximum absolute atomic E-state index is 11.7. The van der Waals surface area contributed by atoms with Gasteiger partial charge in [0.15, 0.2) is 0 Å². The van der Waals surface area contributed by atoms with Crippen molar-refractivity contribution in [1.29, 1.82) is 0 Å². The molecule has 0 amide bonds. The fraction of sp³-hybridized carbons (Fsp3) is 0.0769. The van der Waals surface area contributed by atoms with Crippen LogP contribution in [-0.4, -0.2) is 15.6 Å². The Hall–Kier alpha value is -1.85. The van der Waals surface area contributed by atoms with Crippen LogP contribution in [0.5, 0.6) is 0 Å². The van der Waals surface area contributed by atoms with Crippen LogP contribution in [0.4, 0.5) is 0 Å². The lowest BCUT2D eigenvalue weighted by atomic mass is 10.2. The van der Waals surface area contributed by atoms with Crippen molar-refractivity contribution in [2.45, 2.75) is 6.54 Å². The van der Waals surface area contributed by atoms with E-state index in [0.29, 0.717) is 14.9 Å². The third-order valence-electron chi connectivity index (χ3n) is 2.51. The maximum Gasteiger partial charge on any atom is 0.323 e. The molecule has 0 unspecified atom stereocenters. The van der Waals surface area contributed by atoms with Gasteiger partial charge < -0.3 is 5.11 Å². The topological polar surface area (TPSA) is 59.3 Å². The number of aliphatic carboxylic acids is 1. The number of hydrogen-bond acceptors (Lipinski definition) is 3. The number of carboxylic acids is 1. The van der Waals surface area contributed by atoms with Gasteiger partial charge in [-0.05, 0) is 17.7 Å². The van der Waals surface area contributed by atoms with Crippen molar-refractivity contribution in [2.75, 3.05) is 0 Å². The van der Waals surface area contributed by atoms with E-state index in [0.717, 1.165) is 21.5 Å². The molecule has 1 aromatic carbocycles. The first-order chi connectivity index (χ1) is 8.99. The normalized spacial score (nSPS) is 11.7. The van der Waals surface area contributed by atoms with Gasteiger partial charge in [0, 0.05) is 5.02 Å². The third kappa shape index (κ3) is 2.94. The molecule has 19 heavy (non-hydrogen) atoms. The molecule has 1 aromatic heterocycles. The van der Waals surface area contributed by atoms with Crippen LogP contribution in [0.1, 0.15) is 5.56 Å². The van der Waals surface area contributed by atoms with Crippen LogP contribution >= 0.6 is 22.9 Å². The van der Waals surface area contributed by atoms with Gasteiger partial charge in [0.05, 0.1) is 9.88 Å². The van der Waals surface area contributed by atoms with Crippen molar-refractivity contribution in [3.05, 3.63) is 54.4 Å². The number of carboxylic acid groups (broad SMARTS) is 1. The van der Waals surface area contributed by atoms with E-state index in [1.807, 2.05) is 18.2 Å². The zero-order valence-corrected chi connectivity index (χ0v) is 11.4. The van der Waals surface area contributed by atoms with E-state index in [1.54, 1.807) is 12.1 Å². The Kier molecular flexibility index (Phi) is 3.87. The summed E-state index contributed by atoms with van der Waals surface area (Å²) in [5.74, 6) is -1.07. The summed E-state index contributed by atoms with van der Waals surface area (Å²) in [6.45, 7) is 3.37. The number of thiazole rings is 1. The first-order valence-electron chi connectivity index (χ1n) is 5.35. The van der Waals surface area contributed by atoms with Gasteiger partial charge in [0.1, 0.15) is 6.54 Å². The second-order valence-electron chi connectivity index (χ2n) is 3.82. The Morgan fingerprint density at radius 2 is 2.16 bits per heavy atom. The van der Waals surface area contributed by atoms with Gasteiger partial charge in [-0.1, -0.05) is 47.7 Å². The van der Waals surface area contributed by atoms with Gasteiger partial charge >= 0.3 is 10.8 Å². The highest BCUT2D eigenvalue weighted by atomic mass is 35.5. The molecule has 0 aliphatic carbocycles. The number of halogens is 1. The second kappa shape index (κ2) is 5.42. The Bertz CT molecular complexity index is 791. The summed E-state index contributed by atoms with van der Waals surface area (Å²) >= 11 is 6.99. The lowest BCUT2D eigenvalue weighted by Crippen LogP contribution is -2.33. The molecule has 4 nitrogen and oxygen atoms in total. The number of rotatable bonds is 3. The first-order valence-corrected chi connectivity index (χ1v) is 6.55. The van der Waals surface area contributed by atoms with Crippen molar-refractivity contribution in [2.24, 2.45) is 0 Å².